The second-order valence-electron chi connectivity index (χ2n) is 5.83. The number of nitrogens with zero attached hydrogens (tertiary/aromatic N) is 2. The fraction of sp³-hybridized carbons (Fsp3) is 0.278. The van der Waals surface area contributed by atoms with Crippen molar-refractivity contribution in [2.75, 3.05) is 20.3 Å². The number of rotatable bonds is 4. The fourth-order valence-electron chi connectivity index (χ4n) is 2.89. The smallest absolute Gasteiger partial charge is 0.285 e. The van der Waals surface area contributed by atoms with Crippen molar-refractivity contribution in [1.29, 1.82) is 0 Å². The first-order valence-corrected chi connectivity index (χ1v) is 10.7. The largest absolute Gasteiger partial charge is 0.497 e. The Morgan fingerprint density at radius 2 is 1.81 bits per heavy atom. The van der Waals surface area contributed by atoms with Crippen molar-refractivity contribution in [2.45, 2.75) is 18.4 Å². The van der Waals surface area contributed by atoms with E-state index in [0.29, 0.717) is 41.8 Å². The summed E-state index contributed by atoms with van der Waals surface area (Å²) in [7, 11) is -2.31. The minimum Gasteiger partial charge on any atom is -0.497 e. The van der Waals surface area contributed by atoms with Gasteiger partial charge in [0.2, 0.25) is 4.80 Å². The molecular formula is C18H18N2O5S2. The van der Waals surface area contributed by atoms with E-state index in [1.807, 2.05) is 23.6 Å². The molecule has 0 saturated heterocycles. The van der Waals surface area contributed by atoms with Crippen LogP contribution in [-0.2, 0) is 16.6 Å². The number of thiazole rings is 1. The molecule has 0 atom stereocenters. The van der Waals surface area contributed by atoms with Gasteiger partial charge in [0, 0.05) is 18.7 Å². The summed E-state index contributed by atoms with van der Waals surface area (Å²) in [5.74, 6) is 1.92. The van der Waals surface area contributed by atoms with E-state index < -0.39 is 10.0 Å². The molecule has 4 rings (SSSR count). The number of sulfonamides is 1. The normalized spacial score (nSPS) is 14.5. The lowest BCUT2D eigenvalue weighted by molar-refractivity contribution is 0.172. The number of hydrogen-bond donors (Lipinski definition) is 0. The van der Waals surface area contributed by atoms with Crippen LogP contribution in [0.1, 0.15) is 6.92 Å². The third-order valence-electron chi connectivity index (χ3n) is 4.22. The average molecular weight is 406 g/mol. The number of methoxy groups -OCH3 is 1. The van der Waals surface area contributed by atoms with Gasteiger partial charge < -0.3 is 18.8 Å². The second kappa shape index (κ2) is 6.90. The lowest BCUT2D eigenvalue weighted by Crippen LogP contribution is -2.17. The van der Waals surface area contributed by atoms with E-state index in [9.17, 15) is 8.42 Å². The van der Waals surface area contributed by atoms with E-state index in [1.165, 1.54) is 30.6 Å². The summed E-state index contributed by atoms with van der Waals surface area (Å²) in [4.78, 5) is 0.528. The Balaban J connectivity index is 1.86. The molecule has 0 N–H and O–H groups in total. The van der Waals surface area contributed by atoms with Gasteiger partial charge in [0.15, 0.2) is 11.5 Å². The molecule has 0 radical (unpaired) electrons. The Bertz CT molecular complexity index is 1160. The molecule has 9 heteroatoms. The van der Waals surface area contributed by atoms with Crippen molar-refractivity contribution in [1.82, 2.24) is 4.57 Å². The first-order chi connectivity index (χ1) is 13.0. The molecule has 1 aliphatic heterocycles. The highest BCUT2D eigenvalue weighted by atomic mass is 32.2. The fourth-order valence-corrected chi connectivity index (χ4v) is 5.19. The molecule has 0 bridgehead atoms. The van der Waals surface area contributed by atoms with Gasteiger partial charge in [-0.3, -0.25) is 0 Å². The lowest BCUT2D eigenvalue weighted by Gasteiger charge is -2.18. The zero-order valence-corrected chi connectivity index (χ0v) is 16.5. The van der Waals surface area contributed by atoms with Crippen LogP contribution in [0.4, 0.5) is 0 Å². The van der Waals surface area contributed by atoms with Gasteiger partial charge in [-0.25, -0.2) is 0 Å². The van der Waals surface area contributed by atoms with Crippen molar-refractivity contribution < 1.29 is 22.6 Å². The lowest BCUT2D eigenvalue weighted by atomic mass is 10.2. The maximum atomic E-state index is 12.7. The molecular weight excluding hydrogens is 388 g/mol. The van der Waals surface area contributed by atoms with E-state index in [1.54, 1.807) is 12.1 Å². The zero-order valence-electron chi connectivity index (χ0n) is 14.8. The molecule has 0 spiro atoms. The summed E-state index contributed by atoms with van der Waals surface area (Å²) in [6.07, 6.45) is 0. The summed E-state index contributed by atoms with van der Waals surface area (Å²) < 4.78 is 48.6. The molecule has 0 aliphatic carbocycles. The molecule has 1 aromatic heterocycles. The number of fused-ring (bicyclic) bond motifs is 2. The van der Waals surface area contributed by atoms with Gasteiger partial charge in [-0.15, -0.1) is 4.40 Å². The first-order valence-electron chi connectivity index (χ1n) is 8.40. The van der Waals surface area contributed by atoms with E-state index in [0.717, 1.165) is 10.2 Å². The Labute approximate surface area is 160 Å². The molecule has 1 aliphatic rings. The van der Waals surface area contributed by atoms with Crippen LogP contribution in [0.25, 0.3) is 10.2 Å². The van der Waals surface area contributed by atoms with Gasteiger partial charge in [0.05, 0.1) is 22.2 Å². The van der Waals surface area contributed by atoms with E-state index in [2.05, 4.69) is 4.40 Å². The van der Waals surface area contributed by atoms with Gasteiger partial charge in [0.1, 0.15) is 19.0 Å². The highest BCUT2D eigenvalue weighted by Gasteiger charge is 2.18. The monoisotopic (exact) mass is 406 g/mol. The average Bonchev–Trinajstić information content (AvgIpc) is 3.01. The van der Waals surface area contributed by atoms with Crippen molar-refractivity contribution in [3.8, 4) is 17.2 Å². The standard InChI is InChI=1S/C18H18N2O5S2/c1-3-20-14-10-15-16(25-9-8-24-15)11-17(14)26-18(20)19-27(21,22)13-6-4-12(23-2)5-7-13/h4-7,10-11H,3,8-9H2,1-2H3. The molecule has 3 aromatic rings. The van der Waals surface area contributed by atoms with Crippen LogP contribution in [0.15, 0.2) is 45.7 Å². The Hall–Kier alpha value is -2.52. The van der Waals surface area contributed by atoms with Crippen LogP contribution in [0.5, 0.6) is 17.2 Å². The van der Waals surface area contributed by atoms with E-state index in [-0.39, 0.29) is 4.90 Å². The molecule has 2 aromatic carbocycles. The Morgan fingerprint density at radius 1 is 1.15 bits per heavy atom. The van der Waals surface area contributed by atoms with Gasteiger partial charge in [-0.05, 0) is 31.2 Å². The van der Waals surface area contributed by atoms with Crippen molar-refractivity contribution in [3.63, 3.8) is 0 Å². The van der Waals surface area contributed by atoms with Crippen molar-refractivity contribution in [2.24, 2.45) is 4.40 Å². The molecule has 0 fully saturated rings. The minimum atomic E-state index is -3.84. The zero-order chi connectivity index (χ0) is 19.0. The van der Waals surface area contributed by atoms with Gasteiger partial charge in [-0.2, -0.15) is 8.42 Å². The Morgan fingerprint density at radius 3 is 2.44 bits per heavy atom. The third-order valence-corrected chi connectivity index (χ3v) is 6.66. The number of ether oxygens (including phenoxy) is 3. The van der Waals surface area contributed by atoms with Crippen LogP contribution >= 0.6 is 11.3 Å². The summed E-state index contributed by atoms with van der Waals surface area (Å²) >= 11 is 1.31. The van der Waals surface area contributed by atoms with Gasteiger partial charge >= 0.3 is 0 Å². The van der Waals surface area contributed by atoms with Gasteiger partial charge in [0.25, 0.3) is 10.0 Å². The molecule has 142 valence electrons. The van der Waals surface area contributed by atoms with E-state index >= 15 is 0 Å². The van der Waals surface area contributed by atoms with Gasteiger partial charge in [-0.1, -0.05) is 11.3 Å². The molecule has 7 nitrogen and oxygen atoms in total. The summed E-state index contributed by atoms with van der Waals surface area (Å²) in [5.41, 5.74) is 0.871. The number of aromatic nitrogens is 1. The van der Waals surface area contributed by atoms with Crippen molar-refractivity contribution >= 4 is 31.6 Å². The Kier molecular flexibility index (Phi) is 4.56. The molecule has 2 heterocycles. The van der Waals surface area contributed by atoms with Crippen LogP contribution in [0.3, 0.4) is 0 Å². The van der Waals surface area contributed by atoms with Crippen LogP contribution < -0.4 is 19.0 Å². The highest BCUT2D eigenvalue weighted by molar-refractivity contribution is 7.90. The molecule has 27 heavy (non-hydrogen) atoms. The molecule has 0 saturated carbocycles. The molecule has 0 amide bonds. The quantitative estimate of drug-likeness (QED) is 0.666. The van der Waals surface area contributed by atoms with Crippen LogP contribution in [-0.4, -0.2) is 33.3 Å². The predicted molar refractivity (Wildman–Crippen MR) is 102 cm³/mol. The summed E-state index contributed by atoms with van der Waals surface area (Å²) in [5, 5.41) is 0. The number of aryl methyl sites for hydroxylation is 1. The van der Waals surface area contributed by atoms with Crippen LogP contribution in [0, 0.1) is 0 Å². The minimum absolute atomic E-state index is 0.120. The number of hydrogen-bond acceptors (Lipinski definition) is 6. The second-order valence-corrected chi connectivity index (χ2v) is 8.45. The highest BCUT2D eigenvalue weighted by Crippen LogP contribution is 2.35. The van der Waals surface area contributed by atoms with Crippen molar-refractivity contribution in [3.05, 3.63) is 41.2 Å². The topological polar surface area (TPSA) is 79.1 Å². The summed E-state index contributed by atoms with van der Waals surface area (Å²) in [6, 6.07) is 9.93. The number of benzene rings is 2. The SMILES string of the molecule is CCn1c(=NS(=O)(=O)c2ccc(OC)cc2)sc2cc3c(cc21)OCCO3. The predicted octanol–water partition coefficient (Wildman–Crippen LogP) is 2.79. The maximum absolute atomic E-state index is 12.7. The first kappa shape index (κ1) is 17.9. The summed E-state index contributed by atoms with van der Waals surface area (Å²) in [6.45, 7) is 3.52. The van der Waals surface area contributed by atoms with Crippen LogP contribution in [0.2, 0.25) is 0 Å². The van der Waals surface area contributed by atoms with E-state index in [4.69, 9.17) is 14.2 Å². The maximum Gasteiger partial charge on any atom is 0.285 e. The third kappa shape index (κ3) is 3.28. The molecule has 0 unspecified atom stereocenters.